The molecule has 0 spiro atoms. The molecule has 162 valence electrons. The molecule has 7 heteroatoms. The standard InChI is InChI=1S/C24H27N3O4/c1-6-10-27-15(2)11-20(16(27)3)12-21(14-25)24(30)31-18(5)23(29)26-22-9-7-8-19(13-22)17(4)28/h7-9,11-13,18H,6,10H2,1-5H3,(H,26,29)/b21-12+. The van der Waals surface area contributed by atoms with Crippen molar-refractivity contribution >= 4 is 29.4 Å². The van der Waals surface area contributed by atoms with Crippen molar-refractivity contribution in [2.75, 3.05) is 5.32 Å². The molecule has 1 aromatic heterocycles. The number of hydrogen-bond acceptors (Lipinski definition) is 5. The van der Waals surface area contributed by atoms with Gasteiger partial charge in [-0.2, -0.15) is 5.26 Å². The Hall–Kier alpha value is -3.66. The van der Waals surface area contributed by atoms with Crippen LogP contribution >= 0.6 is 0 Å². The average Bonchev–Trinajstić information content (AvgIpc) is 2.99. The van der Waals surface area contributed by atoms with Gasteiger partial charge < -0.3 is 14.6 Å². The molecule has 0 radical (unpaired) electrons. The number of rotatable bonds is 8. The van der Waals surface area contributed by atoms with Gasteiger partial charge in [0, 0.05) is 29.2 Å². The summed E-state index contributed by atoms with van der Waals surface area (Å²) in [5.74, 6) is -1.56. The number of carbonyl (C=O) groups excluding carboxylic acids is 3. The van der Waals surface area contributed by atoms with Gasteiger partial charge >= 0.3 is 5.97 Å². The Kier molecular flexibility index (Phi) is 7.92. The number of benzene rings is 1. The summed E-state index contributed by atoms with van der Waals surface area (Å²) in [4.78, 5) is 36.4. The van der Waals surface area contributed by atoms with E-state index >= 15 is 0 Å². The fourth-order valence-electron chi connectivity index (χ4n) is 3.17. The molecular weight excluding hydrogens is 394 g/mol. The highest BCUT2D eigenvalue weighted by Gasteiger charge is 2.21. The minimum atomic E-state index is -1.13. The maximum absolute atomic E-state index is 12.5. The van der Waals surface area contributed by atoms with Crippen molar-refractivity contribution < 1.29 is 19.1 Å². The predicted octanol–water partition coefficient (Wildman–Crippen LogP) is 4.19. The lowest BCUT2D eigenvalue weighted by molar-refractivity contribution is -0.148. The van der Waals surface area contributed by atoms with E-state index in [1.807, 2.05) is 26.0 Å². The molecule has 0 fully saturated rings. The molecule has 7 nitrogen and oxygen atoms in total. The second-order valence-electron chi connectivity index (χ2n) is 7.32. The number of carbonyl (C=O) groups is 3. The molecule has 2 aromatic rings. The molecule has 2 rings (SSSR count). The van der Waals surface area contributed by atoms with Crippen LogP contribution in [-0.2, 0) is 20.9 Å². The Bertz CT molecular complexity index is 1070. The molecule has 1 amide bonds. The van der Waals surface area contributed by atoms with Crippen molar-refractivity contribution in [1.29, 1.82) is 5.26 Å². The number of nitrogens with one attached hydrogen (secondary N) is 1. The summed E-state index contributed by atoms with van der Waals surface area (Å²) in [6.45, 7) is 9.68. The van der Waals surface area contributed by atoms with Crippen molar-refractivity contribution in [3.8, 4) is 6.07 Å². The van der Waals surface area contributed by atoms with Crippen LogP contribution in [0, 0.1) is 25.2 Å². The highest BCUT2D eigenvalue weighted by Crippen LogP contribution is 2.19. The van der Waals surface area contributed by atoms with Gasteiger partial charge in [0.25, 0.3) is 5.91 Å². The Morgan fingerprint density at radius 2 is 1.97 bits per heavy atom. The van der Waals surface area contributed by atoms with E-state index in [0.29, 0.717) is 11.3 Å². The SMILES string of the molecule is CCCn1c(C)cc(/C=C(\C#N)C(=O)OC(C)C(=O)Nc2cccc(C(C)=O)c2)c1C. The second kappa shape index (κ2) is 10.4. The lowest BCUT2D eigenvalue weighted by Crippen LogP contribution is -2.30. The van der Waals surface area contributed by atoms with Crippen molar-refractivity contribution in [2.24, 2.45) is 0 Å². The molecule has 1 aromatic carbocycles. The van der Waals surface area contributed by atoms with Crippen LogP contribution in [0.4, 0.5) is 5.69 Å². The van der Waals surface area contributed by atoms with E-state index in [1.54, 1.807) is 24.3 Å². The van der Waals surface area contributed by atoms with Crippen LogP contribution in [0.5, 0.6) is 0 Å². The van der Waals surface area contributed by atoms with Gasteiger partial charge in [0.2, 0.25) is 0 Å². The van der Waals surface area contributed by atoms with Crippen LogP contribution in [0.3, 0.4) is 0 Å². The molecule has 0 saturated heterocycles. The van der Waals surface area contributed by atoms with E-state index in [9.17, 15) is 19.6 Å². The van der Waals surface area contributed by atoms with Gasteiger partial charge in [-0.15, -0.1) is 0 Å². The summed E-state index contributed by atoms with van der Waals surface area (Å²) in [6.07, 6.45) is 1.32. The van der Waals surface area contributed by atoms with Gasteiger partial charge in [0.05, 0.1) is 0 Å². The highest BCUT2D eigenvalue weighted by atomic mass is 16.5. The third kappa shape index (κ3) is 5.92. The number of ketones is 1. The number of nitrogens with zero attached hydrogens (tertiary/aromatic N) is 2. The molecule has 1 heterocycles. The van der Waals surface area contributed by atoms with Crippen LogP contribution in [-0.4, -0.2) is 28.3 Å². The molecule has 31 heavy (non-hydrogen) atoms. The third-order valence-corrected chi connectivity index (χ3v) is 4.89. The highest BCUT2D eigenvalue weighted by molar-refractivity contribution is 6.02. The minimum absolute atomic E-state index is 0.127. The van der Waals surface area contributed by atoms with Crippen molar-refractivity contribution in [1.82, 2.24) is 4.57 Å². The molecule has 0 aliphatic rings. The van der Waals surface area contributed by atoms with E-state index in [2.05, 4.69) is 16.8 Å². The first-order valence-corrected chi connectivity index (χ1v) is 10.1. The molecule has 1 unspecified atom stereocenters. The zero-order valence-corrected chi connectivity index (χ0v) is 18.5. The van der Waals surface area contributed by atoms with Gasteiger partial charge in [-0.3, -0.25) is 9.59 Å². The second-order valence-corrected chi connectivity index (χ2v) is 7.32. The maximum atomic E-state index is 12.5. The van der Waals surface area contributed by atoms with Crippen molar-refractivity contribution in [3.05, 3.63) is 58.4 Å². The number of nitriles is 1. The fourth-order valence-corrected chi connectivity index (χ4v) is 3.17. The summed E-state index contributed by atoms with van der Waals surface area (Å²) in [7, 11) is 0. The van der Waals surface area contributed by atoms with Crippen LogP contribution in [0.1, 0.15) is 54.5 Å². The van der Waals surface area contributed by atoms with Gasteiger partial charge in [-0.1, -0.05) is 19.1 Å². The Labute approximate surface area is 182 Å². The molecule has 1 atom stereocenters. The Morgan fingerprint density at radius 3 is 2.58 bits per heavy atom. The maximum Gasteiger partial charge on any atom is 0.349 e. The van der Waals surface area contributed by atoms with Crippen LogP contribution in [0.25, 0.3) is 6.08 Å². The Balaban J connectivity index is 2.11. The number of ether oxygens (including phenoxy) is 1. The zero-order valence-electron chi connectivity index (χ0n) is 18.5. The third-order valence-electron chi connectivity index (χ3n) is 4.89. The fraction of sp³-hybridized carbons (Fsp3) is 0.333. The number of hydrogen-bond donors (Lipinski definition) is 1. The first-order valence-electron chi connectivity index (χ1n) is 10.1. The lowest BCUT2D eigenvalue weighted by Gasteiger charge is -2.13. The normalized spacial score (nSPS) is 12.1. The summed E-state index contributed by atoms with van der Waals surface area (Å²) in [6, 6.07) is 10.2. The largest absolute Gasteiger partial charge is 0.448 e. The number of amides is 1. The molecule has 1 N–H and O–H groups in total. The van der Waals surface area contributed by atoms with Crippen molar-refractivity contribution in [3.63, 3.8) is 0 Å². The molecule has 0 aliphatic carbocycles. The lowest BCUT2D eigenvalue weighted by atomic mass is 10.1. The topological polar surface area (TPSA) is 101 Å². The number of aromatic nitrogens is 1. The quantitative estimate of drug-likeness (QED) is 0.298. The first-order chi connectivity index (χ1) is 14.7. The van der Waals surface area contributed by atoms with Crippen LogP contribution in [0.15, 0.2) is 35.9 Å². The smallest absolute Gasteiger partial charge is 0.349 e. The molecule has 0 aliphatic heterocycles. The van der Waals surface area contributed by atoms with E-state index in [4.69, 9.17) is 4.74 Å². The van der Waals surface area contributed by atoms with Gasteiger partial charge in [-0.05, 0) is 64.0 Å². The number of aryl methyl sites for hydroxylation is 1. The first kappa shape index (κ1) is 23.6. The summed E-state index contributed by atoms with van der Waals surface area (Å²) in [5, 5.41) is 12.0. The average molecular weight is 421 g/mol. The van der Waals surface area contributed by atoms with E-state index in [1.165, 1.54) is 19.9 Å². The van der Waals surface area contributed by atoms with Crippen LogP contribution < -0.4 is 5.32 Å². The Morgan fingerprint density at radius 1 is 1.26 bits per heavy atom. The minimum Gasteiger partial charge on any atom is -0.448 e. The number of Topliss-reactive ketones (excluding diaryl/α,β-unsaturated/α-hetero) is 1. The van der Waals surface area contributed by atoms with Crippen molar-refractivity contribution in [2.45, 2.75) is 53.7 Å². The monoisotopic (exact) mass is 421 g/mol. The molecular formula is C24H27N3O4. The molecule has 0 bridgehead atoms. The summed E-state index contributed by atoms with van der Waals surface area (Å²) >= 11 is 0. The molecule has 0 saturated carbocycles. The van der Waals surface area contributed by atoms with E-state index in [-0.39, 0.29) is 11.4 Å². The summed E-state index contributed by atoms with van der Waals surface area (Å²) in [5.41, 5.74) is 3.44. The van der Waals surface area contributed by atoms with Gasteiger partial charge in [0.1, 0.15) is 11.6 Å². The van der Waals surface area contributed by atoms with E-state index < -0.39 is 18.0 Å². The van der Waals surface area contributed by atoms with Gasteiger partial charge in [0.15, 0.2) is 11.9 Å². The summed E-state index contributed by atoms with van der Waals surface area (Å²) < 4.78 is 7.32. The number of esters is 1. The number of anilines is 1. The van der Waals surface area contributed by atoms with Gasteiger partial charge in [-0.25, -0.2) is 4.79 Å². The predicted molar refractivity (Wildman–Crippen MR) is 118 cm³/mol. The van der Waals surface area contributed by atoms with Crippen LogP contribution in [0.2, 0.25) is 0 Å². The zero-order chi connectivity index (χ0) is 23.1. The van der Waals surface area contributed by atoms with E-state index in [0.717, 1.165) is 29.9 Å².